The minimum atomic E-state index is -0.267. The number of methoxy groups -OCH3 is 1. The molecule has 1 saturated heterocycles. The Bertz CT molecular complexity index is 444. The maximum absolute atomic E-state index is 11.5. The SMILES string of the molecule is COC(=O)c1cc(CN2CCCCC2CO)c(C)s1. The number of aliphatic hydroxyl groups is 1. The normalized spacial score (nSPS) is 20.5. The van der Waals surface area contributed by atoms with Crippen LogP contribution in [0.1, 0.15) is 39.4 Å². The first-order valence-electron chi connectivity index (χ1n) is 6.68. The highest BCUT2D eigenvalue weighted by molar-refractivity contribution is 7.14. The van der Waals surface area contributed by atoms with Gasteiger partial charge in [0.05, 0.1) is 13.7 Å². The molecule has 0 bridgehead atoms. The van der Waals surface area contributed by atoms with Crippen LogP contribution in [0, 0.1) is 6.92 Å². The van der Waals surface area contributed by atoms with E-state index in [9.17, 15) is 9.90 Å². The topological polar surface area (TPSA) is 49.8 Å². The van der Waals surface area contributed by atoms with Crippen molar-refractivity contribution in [1.29, 1.82) is 0 Å². The second kappa shape index (κ2) is 6.50. The predicted molar refractivity (Wildman–Crippen MR) is 75.5 cm³/mol. The Hall–Kier alpha value is -0.910. The van der Waals surface area contributed by atoms with E-state index in [0.29, 0.717) is 4.88 Å². The molecule has 1 atom stereocenters. The van der Waals surface area contributed by atoms with Crippen LogP contribution in [0.2, 0.25) is 0 Å². The summed E-state index contributed by atoms with van der Waals surface area (Å²) in [5.41, 5.74) is 1.17. The molecule has 1 aliphatic rings. The molecule has 1 N–H and O–H groups in total. The smallest absolute Gasteiger partial charge is 0.348 e. The van der Waals surface area contributed by atoms with Crippen LogP contribution in [-0.2, 0) is 11.3 Å². The summed E-state index contributed by atoms with van der Waals surface area (Å²) >= 11 is 1.48. The molecule has 0 aromatic carbocycles. The van der Waals surface area contributed by atoms with Crippen LogP contribution in [0.5, 0.6) is 0 Å². The maximum atomic E-state index is 11.5. The van der Waals surface area contributed by atoms with Gasteiger partial charge in [-0.05, 0) is 37.9 Å². The van der Waals surface area contributed by atoms with E-state index >= 15 is 0 Å². The van der Waals surface area contributed by atoms with Crippen molar-refractivity contribution < 1.29 is 14.6 Å². The second-order valence-electron chi connectivity index (χ2n) is 4.99. The number of hydrogen-bond acceptors (Lipinski definition) is 5. The molecular weight excluding hydrogens is 262 g/mol. The van der Waals surface area contributed by atoms with Gasteiger partial charge in [0, 0.05) is 17.5 Å². The van der Waals surface area contributed by atoms with Gasteiger partial charge >= 0.3 is 5.97 Å². The molecule has 0 aliphatic carbocycles. The molecule has 0 spiro atoms. The van der Waals surface area contributed by atoms with Crippen molar-refractivity contribution in [3.05, 3.63) is 21.4 Å². The average molecular weight is 283 g/mol. The van der Waals surface area contributed by atoms with Gasteiger partial charge in [-0.25, -0.2) is 4.79 Å². The number of nitrogens with zero attached hydrogens (tertiary/aromatic N) is 1. The fourth-order valence-corrected chi connectivity index (χ4v) is 3.52. The molecule has 5 heteroatoms. The minimum Gasteiger partial charge on any atom is -0.465 e. The number of aryl methyl sites for hydroxylation is 1. The summed E-state index contributed by atoms with van der Waals surface area (Å²) in [6.45, 7) is 4.08. The van der Waals surface area contributed by atoms with Crippen LogP contribution in [0.25, 0.3) is 0 Å². The van der Waals surface area contributed by atoms with Crippen molar-refractivity contribution in [2.45, 2.75) is 38.8 Å². The van der Waals surface area contributed by atoms with Crippen molar-refractivity contribution in [2.75, 3.05) is 20.3 Å². The number of thiophene rings is 1. The molecule has 19 heavy (non-hydrogen) atoms. The Morgan fingerprint density at radius 3 is 3.05 bits per heavy atom. The molecule has 1 unspecified atom stereocenters. The van der Waals surface area contributed by atoms with E-state index in [4.69, 9.17) is 4.74 Å². The third kappa shape index (κ3) is 3.35. The van der Waals surface area contributed by atoms with E-state index in [1.807, 2.05) is 13.0 Å². The standard InChI is InChI=1S/C14H21NO3S/c1-10-11(7-13(19-10)14(17)18-2)8-15-6-4-3-5-12(15)9-16/h7,12,16H,3-6,8-9H2,1-2H3. The number of aliphatic hydroxyl groups excluding tert-OH is 1. The largest absolute Gasteiger partial charge is 0.465 e. The Morgan fingerprint density at radius 1 is 1.58 bits per heavy atom. The summed E-state index contributed by atoms with van der Waals surface area (Å²) in [4.78, 5) is 15.7. The lowest BCUT2D eigenvalue weighted by Gasteiger charge is -2.34. The zero-order valence-electron chi connectivity index (χ0n) is 11.5. The van der Waals surface area contributed by atoms with Gasteiger partial charge in [-0.15, -0.1) is 11.3 Å². The molecule has 1 aromatic rings. The summed E-state index contributed by atoms with van der Waals surface area (Å²) < 4.78 is 4.75. The van der Waals surface area contributed by atoms with Gasteiger partial charge in [-0.2, -0.15) is 0 Å². The molecule has 1 fully saturated rings. The number of carbonyl (C=O) groups is 1. The van der Waals surface area contributed by atoms with Crippen LogP contribution in [0.3, 0.4) is 0 Å². The Balaban J connectivity index is 2.09. The maximum Gasteiger partial charge on any atom is 0.348 e. The number of piperidine rings is 1. The third-order valence-electron chi connectivity index (χ3n) is 3.74. The van der Waals surface area contributed by atoms with Crippen LogP contribution in [0.15, 0.2) is 6.07 Å². The summed E-state index contributed by atoms with van der Waals surface area (Å²) in [5, 5.41) is 9.43. The number of hydrogen-bond donors (Lipinski definition) is 1. The number of esters is 1. The summed E-state index contributed by atoms with van der Waals surface area (Å²) in [6, 6.07) is 2.18. The van der Waals surface area contributed by atoms with Crippen molar-refractivity contribution in [1.82, 2.24) is 4.90 Å². The molecular formula is C14H21NO3S. The lowest BCUT2D eigenvalue weighted by Crippen LogP contribution is -2.41. The van der Waals surface area contributed by atoms with Gasteiger partial charge < -0.3 is 9.84 Å². The van der Waals surface area contributed by atoms with E-state index in [2.05, 4.69) is 4.90 Å². The van der Waals surface area contributed by atoms with Gasteiger partial charge in [0.25, 0.3) is 0 Å². The highest BCUT2D eigenvalue weighted by Crippen LogP contribution is 2.26. The highest BCUT2D eigenvalue weighted by Gasteiger charge is 2.23. The Morgan fingerprint density at radius 2 is 2.37 bits per heavy atom. The molecule has 2 heterocycles. The van der Waals surface area contributed by atoms with Crippen LogP contribution in [-0.4, -0.2) is 42.3 Å². The van der Waals surface area contributed by atoms with E-state index < -0.39 is 0 Å². The number of carbonyl (C=O) groups excluding carboxylic acids is 1. The molecule has 1 aliphatic heterocycles. The number of likely N-dealkylation sites (tertiary alicyclic amines) is 1. The molecule has 0 saturated carbocycles. The van der Waals surface area contributed by atoms with Crippen LogP contribution >= 0.6 is 11.3 Å². The van der Waals surface area contributed by atoms with Gasteiger partial charge in [0.15, 0.2) is 0 Å². The summed E-state index contributed by atoms with van der Waals surface area (Å²) in [5.74, 6) is -0.267. The van der Waals surface area contributed by atoms with E-state index in [1.165, 1.54) is 36.9 Å². The second-order valence-corrected chi connectivity index (χ2v) is 6.24. The Labute approximate surface area is 118 Å². The zero-order chi connectivity index (χ0) is 13.8. The first-order valence-corrected chi connectivity index (χ1v) is 7.50. The van der Waals surface area contributed by atoms with Gasteiger partial charge in [0.1, 0.15) is 4.88 Å². The fourth-order valence-electron chi connectivity index (χ4n) is 2.57. The number of ether oxygens (including phenoxy) is 1. The molecule has 4 nitrogen and oxygen atoms in total. The number of rotatable bonds is 4. The third-order valence-corrected chi connectivity index (χ3v) is 4.81. The molecule has 0 radical (unpaired) electrons. The average Bonchev–Trinajstić information content (AvgIpc) is 2.80. The molecule has 2 rings (SSSR count). The lowest BCUT2D eigenvalue weighted by molar-refractivity contribution is 0.0605. The minimum absolute atomic E-state index is 0.215. The fraction of sp³-hybridized carbons (Fsp3) is 0.643. The first kappa shape index (κ1) is 14.5. The lowest BCUT2D eigenvalue weighted by atomic mass is 10.0. The summed E-state index contributed by atoms with van der Waals surface area (Å²) in [6.07, 6.45) is 3.44. The Kier molecular flexibility index (Phi) is 4.96. The highest BCUT2D eigenvalue weighted by atomic mass is 32.1. The monoisotopic (exact) mass is 283 g/mol. The van der Waals surface area contributed by atoms with Crippen LogP contribution < -0.4 is 0 Å². The van der Waals surface area contributed by atoms with Crippen molar-refractivity contribution in [2.24, 2.45) is 0 Å². The van der Waals surface area contributed by atoms with Crippen molar-refractivity contribution >= 4 is 17.3 Å². The molecule has 106 valence electrons. The summed E-state index contributed by atoms with van der Waals surface area (Å²) in [7, 11) is 1.41. The quantitative estimate of drug-likeness (QED) is 0.861. The van der Waals surface area contributed by atoms with E-state index in [-0.39, 0.29) is 18.6 Å². The molecule has 1 aromatic heterocycles. The van der Waals surface area contributed by atoms with Gasteiger partial charge in [0.2, 0.25) is 0 Å². The van der Waals surface area contributed by atoms with Crippen molar-refractivity contribution in [3.63, 3.8) is 0 Å². The van der Waals surface area contributed by atoms with Crippen molar-refractivity contribution in [3.8, 4) is 0 Å². The van der Waals surface area contributed by atoms with E-state index in [0.717, 1.165) is 24.4 Å². The molecule has 0 amide bonds. The van der Waals surface area contributed by atoms with Crippen LogP contribution in [0.4, 0.5) is 0 Å². The van der Waals surface area contributed by atoms with Gasteiger partial charge in [-0.3, -0.25) is 4.90 Å². The van der Waals surface area contributed by atoms with E-state index in [1.54, 1.807) is 0 Å². The zero-order valence-corrected chi connectivity index (χ0v) is 12.3. The van der Waals surface area contributed by atoms with Gasteiger partial charge in [-0.1, -0.05) is 6.42 Å². The predicted octanol–water partition coefficient (Wildman–Crippen LogP) is 2.19. The first-order chi connectivity index (χ1) is 9.15.